The fraction of sp³-hybridized carbons (Fsp3) is 0.562. The Labute approximate surface area is 127 Å². The lowest BCUT2D eigenvalue weighted by atomic mass is 9.89. The Kier molecular flexibility index (Phi) is 4.12. The van der Waals surface area contributed by atoms with Crippen LogP contribution in [0.25, 0.3) is 0 Å². The SMILES string of the molecule is O=C(c1ccc(C(F)(F)F)cc1)N1CCO[C@H]2CCCC[C@H]21. The van der Waals surface area contributed by atoms with Gasteiger partial charge in [-0.05, 0) is 37.1 Å². The highest BCUT2D eigenvalue weighted by Gasteiger charge is 2.37. The quantitative estimate of drug-likeness (QED) is 0.794. The molecule has 2 fully saturated rings. The van der Waals surface area contributed by atoms with Crippen LogP contribution in [0.3, 0.4) is 0 Å². The second-order valence-corrected chi connectivity index (χ2v) is 5.83. The van der Waals surface area contributed by atoms with E-state index in [9.17, 15) is 18.0 Å². The molecule has 1 aliphatic heterocycles. The molecule has 2 aliphatic rings. The Morgan fingerprint density at radius 1 is 1.14 bits per heavy atom. The van der Waals surface area contributed by atoms with Crippen molar-refractivity contribution < 1.29 is 22.7 Å². The summed E-state index contributed by atoms with van der Waals surface area (Å²) in [6, 6.07) is 4.51. The van der Waals surface area contributed by atoms with Gasteiger partial charge in [-0.15, -0.1) is 0 Å². The van der Waals surface area contributed by atoms with Crippen molar-refractivity contribution in [2.24, 2.45) is 0 Å². The predicted molar refractivity (Wildman–Crippen MR) is 74.5 cm³/mol. The number of nitrogens with zero attached hydrogens (tertiary/aromatic N) is 1. The minimum Gasteiger partial charge on any atom is -0.374 e. The first kappa shape index (κ1) is 15.3. The number of alkyl halides is 3. The van der Waals surface area contributed by atoms with Crippen LogP contribution in [0.5, 0.6) is 0 Å². The van der Waals surface area contributed by atoms with E-state index in [0.717, 1.165) is 37.8 Å². The summed E-state index contributed by atoms with van der Waals surface area (Å²) in [7, 11) is 0. The van der Waals surface area contributed by atoms with E-state index in [4.69, 9.17) is 4.74 Å². The number of carbonyl (C=O) groups is 1. The summed E-state index contributed by atoms with van der Waals surface area (Å²) in [6.45, 7) is 0.995. The molecule has 0 N–H and O–H groups in total. The first-order chi connectivity index (χ1) is 10.5. The smallest absolute Gasteiger partial charge is 0.374 e. The van der Waals surface area contributed by atoms with Crippen molar-refractivity contribution in [3.05, 3.63) is 35.4 Å². The van der Waals surface area contributed by atoms with Crippen LogP contribution < -0.4 is 0 Å². The fourth-order valence-corrected chi connectivity index (χ4v) is 3.32. The van der Waals surface area contributed by atoms with E-state index in [2.05, 4.69) is 0 Å². The molecule has 1 heterocycles. The van der Waals surface area contributed by atoms with Crippen LogP contribution in [0.2, 0.25) is 0 Å². The minimum atomic E-state index is -4.38. The average Bonchev–Trinajstić information content (AvgIpc) is 2.53. The predicted octanol–water partition coefficient (Wildman–Crippen LogP) is 3.49. The van der Waals surface area contributed by atoms with Gasteiger partial charge >= 0.3 is 6.18 Å². The van der Waals surface area contributed by atoms with Crippen LogP contribution >= 0.6 is 0 Å². The van der Waals surface area contributed by atoms with E-state index in [1.165, 1.54) is 12.1 Å². The lowest BCUT2D eigenvalue weighted by Crippen LogP contribution is -2.54. The highest BCUT2D eigenvalue weighted by molar-refractivity contribution is 5.94. The van der Waals surface area contributed by atoms with E-state index in [-0.39, 0.29) is 18.1 Å². The zero-order valence-electron chi connectivity index (χ0n) is 12.1. The number of ether oxygens (including phenoxy) is 1. The van der Waals surface area contributed by atoms with Crippen molar-refractivity contribution in [1.82, 2.24) is 4.90 Å². The van der Waals surface area contributed by atoms with Crippen LogP contribution in [-0.4, -0.2) is 36.1 Å². The van der Waals surface area contributed by atoms with Crippen LogP contribution in [-0.2, 0) is 10.9 Å². The molecule has 3 rings (SSSR count). The van der Waals surface area contributed by atoms with Gasteiger partial charge in [0.1, 0.15) is 0 Å². The molecule has 1 saturated heterocycles. The van der Waals surface area contributed by atoms with Crippen LogP contribution in [0.1, 0.15) is 41.6 Å². The zero-order chi connectivity index (χ0) is 15.7. The van der Waals surface area contributed by atoms with E-state index >= 15 is 0 Å². The molecular formula is C16H18F3NO2. The highest BCUT2D eigenvalue weighted by atomic mass is 19.4. The summed E-state index contributed by atoms with van der Waals surface area (Å²) in [6.07, 6.45) is -0.306. The second kappa shape index (κ2) is 5.91. The Hall–Kier alpha value is -1.56. The van der Waals surface area contributed by atoms with Gasteiger partial charge in [-0.2, -0.15) is 13.2 Å². The number of carbonyl (C=O) groups excluding carboxylic acids is 1. The molecule has 2 atom stereocenters. The molecule has 1 aromatic rings. The van der Waals surface area contributed by atoms with Gasteiger partial charge in [0.25, 0.3) is 5.91 Å². The molecule has 0 bridgehead atoms. The topological polar surface area (TPSA) is 29.5 Å². The summed E-state index contributed by atoms with van der Waals surface area (Å²) in [5, 5.41) is 0. The third kappa shape index (κ3) is 2.97. The van der Waals surface area contributed by atoms with Crippen LogP contribution in [0, 0.1) is 0 Å². The summed E-state index contributed by atoms with van der Waals surface area (Å²) < 4.78 is 43.5. The molecule has 1 aliphatic carbocycles. The third-order valence-electron chi connectivity index (χ3n) is 4.45. The molecular weight excluding hydrogens is 295 g/mol. The first-order valence-corrected chi connectivity index (χ1v) is 7.56. The zero-order valence-corrected chi connectivity index (χ0v) is 12.1. The largest absolute Gasteiger partial charge is 0.416 e. The van der Waals surface area contributed by atoms with Crippen molar-refractivity contribution in [1.29, 1.82) is 0 Å². The number of halogens is 3. The second-order valence-electron chi connectivity index (χ2n) is 5.83. The van der Waals surface area contributed by atoms with Crippen LogP contribution in [0.15, 0.2) is 24.3 Å². The number of fused-ring (bicyclic) bond motifs is 1. The van der Waals surface area contributed by atoms with Gasteiger partial charge in [0.15, 0.2) is 0 Å². The average molecular weight is 313 g/mol. The molecule has 3 nitrogen and oxygen atoms in total. The van der Waals surface area contributed by atoms with Crippen molar-refractivity contribution in [2.45, 2.75) is 44.0 Å². The number of morpholine rings is 1. The summed E-state index contributed by atoms with van der Waals surface area (Å²) in [5.41, 5.74) is -0.430. The summed E-state index contributed by atoms with van der Waals surface area (Å²) in [4.78, 5) is 14.4. The molecule has 0 unspecified atom stereocenters. The Balaban J connectivity index is 1.78. The number of benzene rings is 1. The molecule has 6 heteroatoms. The lowest BCUT2D eigenvalue weighted by Gasteiger charge is -2.43. The maximum absolute atomic E-state index is 12.6. The molecule has 120 valence electrons. The molecule has 1 amide bonds. The van der Waals surface area contributed by atoms with Gasteiger partial charge in [-0.25, -0.2) is 0 Å². The van der Waals surface area contributed by atoms with Gasteiger partial charge < -0.3 is 9.64 Å². The standard InChI is InChI=1S/C16H18F3NO2/c17-16(18,19)12-7-5-11(6-8-12)15(21)20-9-10-22-14-4-2-1-3-13(14)20/h5-8,13-14H,1-4,9-10H2/t13-,14+/m1/s1. The molecule has 22 heavy (non-hydrogen) atoms. The van der Waals surface area contributed by atoms with E-state index < -0.39 is 11.7 Å². The molecule has 0 radical (unpaired) electrons. The van der Waals surface area contributed by atoms with Gasteiger partial charge in [-0.1, -0.05) is 12.8 Å². The minimum absolute atomic E-state index is 0.0530. The normalized spacial score (nSPS) is 25.7. The lowest BCUT2D eigenvalue weighted by molar-refractivity contribution is -0.137. The maximum Gasteiger partial charge on any atom is 0.416 e. The van der Waals surface area contributed by atoms with E-state index in [1.54, 1.807) is 4.90 Å². The number of hydrogen-bond donors (Lipinski definition) is 0. The Morgan fingerprint density at radius 3 is 2.50 bits per heavy atom. The summed E-state index contributed by atoms with van der Waals surface area (Å²) in [5.74, 6) is -0.200. The number of rotatable bonds is 1. The van der Waals surface area contributed by atoms with Crippen molar-refractivity contribution >= 4 is 5.91 Å². The molecule has 0 aromatic heterocycles. The highest BCUT2D eigenvalue weighted by Crippen LogP contribution is 2.31. The van der Waals surface area contributed by atoms with Gasteiger partial charge in [-0.3, -0.25) is 4.79 Å². The van der Waals surface area contributed by atoms with Gasteiger partial charge in [0.05, 0.1) is 24.3 Å². The van der Waals surface area contributed by atoms with Gasteiger partial charge in [0.2, 0.25) is 0 Å². The van der Waals surface area contributed by atoms with E-state index in [1.807, 2.05) is 0 Å². The third-order valence-corrected chi connectivity index (χ3v) is 4.45. The van der Waals surface area contributed by atoms with Crippen LogP contribution in [0.4, 0.5) is 13.2 Å². The van der Waals surface area contributed by atoms with Gasteiger partial charge in [0, 0.05) is 12.1 Å². The molecule has 1 saturated carbocycles. The monoisotopic (exact) mass is 313 g/mol. The number of amides is 1. The molecule has 0 spiro atoms. The van der Waals surface area contributed by atoms with Crippen molar-refractivity contribution in [3.63, 3.8) is 0 Å². The Bertz CT molecular complexity index is 539. The Morgan fingerprint density at radius 2 is 1.82 bits per heavy atom. The maximum atomic E-state index is 12.6. The van der Waals surface area contributed by atoms with Crippen molar-refractivity contribution in [3.8, 4) is 0 Å². The first-order valence-electron chi connectivity index (χ1n) is 7.56. The van der Waals surface area contributed by atoms with E-state index in [0.29, 0.717) is 18.7 Å². The number of hydrogen-bond acceptors (Lipinski definition) is 2. The van der Waals surface area contributed by atoms with Crippen molar-refractivity contribution in [2.75, 3.05) is 13.2 Å². The summed E-state index contributed by atoms with van der Waals surface area (Å²) >= 11 is 0. The fourth-order valence-electron chi connectivity index (χ4n) is 3.32. The molecule has 1 aromatic carbocycles.